The van der Waals surface area contributed by atoms with E-state index in [0.717, 1.165) is 70.9 Å². The number of hydrogen-bond acceptors (Lipinski definition) is 12. The average molecular weight is 787 g/mol. The predicted octanol–water partition coefficient (Wildman–Crippen LogP) is 6.19. The van der Waals surface area contributed by atoms with Crippen LogP contribution in [0.5, 0.6) is 11.5 Å². The molecular formula is C36H42N4O8S4. The van der Waals surface area contributed by atoms with E-state index < -0.39 is 36.8 Å². The summed E-state index contributed by atoms with van der Waals surface area (Å²) in [6.45, 7) is 11.2. The van der Waals surface area contributed by atoms with E-state index in [1.807, 2.05) is 36.4 Å². The Morgan fingerprint density at radius 1 is 0.692 bits per heavy atom. The molecule has 52 heavy (non-hydrogen) atoms. The summed E-state index contributed by atoms with van der Waals surface area (Å²) in [6, 6.07) is 11.6. The summed E-state index contributed by atoms with van der Waals surface area (Å²) in [5, 5.41) is 18.4. The molecule has 0 bridgehead atoms. The van der Waals surface area contributed by atoms with Crippen molar-refractivity contribution in [1.82, 2.24) is 9.80 Å². The number of carboxylic acid groups (broad SMARTS) is 2. The molecule has 0 radical (unpaired) electrons. The van der Waals surface area contributed by atoms with Gasteiger partial charge in [-0.3, -0.25) is 29.0 Å². The normalized spacial score (nSPS) is 16.0. The van der Waals surface area contributed by atoms with Gasteiger partial charge >= 0.3 is 11.9 Å². The van der Waals surface area contributed by atoms with Gasteiger partial charge in [-0.1, -0.05) is 48.0 Å². The van der Waals surface area contributed by atoms with Crippen LogP contribution in [-0.4, -0.2) is 105 Å². The Morgan fingerprint density at radius 3 is 1.38 bits per heavy atom. The van der Waals surface area contributed by atoms with Gasteiger partial charge in [0.1, 0.15) is 33.2 Å². The number of rotatable bonds is 19. The molecule has 0 atom stereocenters. The highest BCUT2D eigenvalue weighted by atomic mass is 32.2. The van der Waals surface area contributed by atoms with Gasteiger partial charge in [-0.15, -0.1) is 0 Å². The molecule has 0 aliphatic carbocycles. The van der Waals surface area contributed by atoms with Gasteiger partial charge in [-0.05, 0) is 77.0 Å². The maximum Gasteiger partial charge on any atom is 0.323 e. The van der Waals surface area contributed by atoms with Gasteiger partial charge in [0.25, 0.3) is 11.8 Å². The highest BCUT2D eigenvalue weighted by molar-refractivity contribution is 8.27. The van der Waals surface area contributed by atoms with E-state index in [1.54, 1.807) is 12.2 Å². The Balaban J connectivity index is 1.47. The van der Waals surface area contributed by atoms with Gasteiger partial charge in [-0.25, -0.2) is 0 Å². The van der Waals surface area contributed by atoms with E-state index in [1.165, 1.54) is 0 Å². The molecule has 2 fully saturated rings. The number of aliphatic carboxylic acids is 2. The molecule has 0 aromatic heterocycles. The van der Waals surface area contributed by atoms with E-state index in [0.29, 0.717) is 58.5 Å². The number of carbonyl (C=O) groups is 4. The van der Waals surface area contributed by atoms with E-state index in [-0.39, 0.29) is 8.64 Å². The maximum absolute atomic E-state index is 13.0. The first-order valence-corrected chi connectivity index (χ1v) is 19.3. The Hall–Kier alpha value is -4.12. The SMILES string of the molecule is CCN(CC)c1ccc(/C=C2/SC(=S)N(CC(=O)O)C2=O)c(OCCCCOc2cc(N(CC)CC)ccc2/C=C2/SC(=S)N(CC(=O)O)C2=O)c1. The Bertz CT molecular complexity index is 1650. The highest BCUT2D eigenvalue weighted by Gasteiger charge is 2.34. The van der Waals surface area contributed by atoms with Gasteiger partial charge in [0, 0.05) is 60.8 Å². The van der Waals surface area contributed by atoms with Gasteiger partial charge in [-0.2, -0.15) is 0 Å². The molecule has 4 rings (SSSR count). The van der Waals surface area contributed by atoms with Crippen LogP contribution in [0.4, 0.5) is 11.4 Å². The van der Waals surface area contributed by atoms with Crippen LogP contribution in [0, 0.1) is 0 Å². The number of anilines is 2. The number of carboxylic acids is 2. The number of ether oxygens (including phenoxy) is 2. The highest BCUT2D eigenvalue weighted by Crippen LogP contribution is 2.37. The number of amides is 2. The first-order chi connectivity index (χ1) is 24.9. The Morgan fingerprint density at radius 2 is 1.06 bits per heavy atom. The molecule has 12 nitrogen and oxygen atoms in total. The number of hydrogen-bond donors (Lipinski definition) is 2. The minimum atomic E-state index is -1.14. The minimum absolute atomic E-state index is 0.195. The summed E-state index contributed by atoms with van der Waals surface area (Å²) in [7, 11) is 0. The predicted molar refractivity (Wildman–Crippen MR) is 215 cm³/mol. The summed E-state index contributed by atoms with van der Waals surface area (Å²) in [5.74, 6) is -2.02. The van der Waals surface area contributed by atoms with Crippen molar-refractivity contribution in [3.8, 4) is 11.5 Å². The molecule has 2 aliphatic rings. The summed E-state index contributed by atoms with van der Waals surface area (Å²) in [6.07, 6.45) is 4.67. The van der Waals surface area contributed by atoms with Crippen molar-refractivity contribution in [3.63, 3.8) is 0 Å². The Kier molecular flexibility index (Phi) is 14.9. The molecule has 2 heterocycles. The molecule has 0 unspecified atom stereocenters. The second kappa shape index (κ2) is 19.1. The first-order valence-electron chi connectivity index (χ1n) is 16.9. The zero-order valence-electron chi connectivity index (χ0n) is 29.5. The third-order valence-corrected chi connectivity index (χ3v) is 11.0. The number of carbonyl (C=O) groups excluding carboxylic acids is 2. The number of nitrogens with zero attached hydrogens (tertiary/aromatic N) is 4. The van der Waals surface area contributed by atoms with Crippen LogP contribution in [0.3, 0.4) is 0 Å². The maximum atomic E-state index is 13.0. The number of benzene rings is 2. The molecule has 2 aromatic rings. The smallest absolute Gasteiger partial charge is 0.323 e. The molecule has 0 saturated carbocycles. The zero-order valence-corrected chi connectivity index (χ0v) is 32.7. The first kappa shape index (κ1) is 40.6. The molecule has 2 amide bonds. The van der Waals surface area contributed by atoms with E-state index >= 15 is 0 Å². The van der Waals surface area contributed by atoms with Gasteiger partial charge in [0.15, 0.2) is 0 Å². The summed E-state index contributed by atoms with van der Waals surface area (Å²) in [4.78, 5) is 55.6. The Labute approximate surface area is 322 Å². The summed E-state index contributed by atoms with van der Waals surface area (Å²) >= 11 is 12.7. The van der Waals surface area contributed by atoms with E-state index in [4.69, 9.17) is 33.9 Å². The lowest BCUT2D eigenvalue weighted by Gasteiger charge is -2.23. The van der Waals surface area contributed by atoms with Crippen molar-refractivity contribution >= 4 is 104 Å². The second-order valence-electron chi connectivity index (χ2n) is 11.5. The third kappa shape index (κ3) is 10.3. The van der Waals surface area contributed by atoms with Gasteiger partial charge < -0.3 is 29.5 Å². The van der Waals surface area contributed by atoms with Crippen molar-refractivity contribution < 1.29 is 38.9 Å². The largest absolute Gasteiger partial charge is 0.493 e. The average Bonchev–Trinajstić information content (AvgIpc) is 3.52. The van der Waals surface area contributed by atoms with Crippen LogP contribution in [0.25, 0.3) is 12.2 Å². The standard InChI is InChI=1S/C36H42N4O8S4/c1-5-37(6-2)25-13-11-23(17-29-33(45)39(21-31(41)42)35(49)51-29)27(19-25)47-15-9-10-16-48-28-20-26(38(7-3)8-4)14-12-24(28)18-30-34(46)40(22-32(43)44)36(50)52-30/h11-14,17-20H,5-10,15-16,21-22H2,1-4H3,(H,41,42)(H,43,44)/b29-17+,30-18+. The van der Waals surface area contributed by atoms with Crippen molar-refractivity contribution in [2.24, 2.45) is 0 Å². The molecule has 278 valence electrons. The zero-order chi connectivity index (χ0) is 37.9. The molecule has 2 aromatic carbocycles. The third-order valence-electron chi connectivity index (χ3n) is 8.21. The topological polar surface area (TPSA) is 140 Å². The quantitative estimate of drug-likeness (QED) is 0.0951. The lowest BCUT2D eigenvalue weighted by Crippen LogP contribution is -2.33. The second-order valence-corrected chi connectivity index (χ2v) is 14.9. The van der Waals surface area contributed by atoms with Crippen molar-refractivity contribution in [2.75, 3.05) is 62.3 Å². The molecule has 2 aliphatic heterocycles. The van der Waals surface area contributed by atoms with Gasteiger partial charge in [0.2, 0.25) is 0 Å². The number of thioether (sulfide) groups is 2. The molecule has 2 N–H and O–H groups in total. The molecule has 2 saturated heterocycles. The van der Waals surface area contributed by atoms with Crippen molar-refractivity contribution in [2.45, 2.75) is 40.5 Å². The monoisotopic (exact) mass is 786 g/mol. The van der Waals surface area contributed by atoms with Gasteiger partial charge in [0.05, 0.1) is 23.0 Å². The van der Waals surface area contributed by atoms with Crippen LogP contribution >= 0.6 is 48.0 Å². The van der Waals surface area contributed by atoms with Crippen LogP contribution < -0.4 is 19.3 Å². The fourth-order valence-corrected chi connectivity index (χ4v) is 7.99. The number of unbranched alkanes of at least 4 members (excludes halogenated alkanes) is 1. The minimum Gasteiger partial charge on any atom is -0.493 e. The van der Waals surface area contributed by atoms with Crippen molar-refractivity contribution in [1.29, 1.82) is 0 Å². The van der Waals surface area contributed by atoms with E-state index in [2.05, 4.69) is 37.5 Å². The molecular weight excluding hydrogens is 745 g/mol. The lowest BCUT2D eigenvalue weighted by molar-refractivity contribution is -0.140. The lowest BCUT2D eigenvalue weighted by atomic mass is 10.1. The van der Waals surface area contributed by atoms with Crippen molar-refractivity contribution in [3.05, 3.63) is 57.3 Å². The summed E-state index contributed by atoms with van der Waals surface area (Å²) in [5.41, 5.74) is 3.29. The van der Waals surface area contributed by atoms with E-state index in [9.17, 15) is 29.4 Å². The van der Waals surface area contributed by atoms with Crippen LogP contribution in [-0.2, 0) is 19.2 Å². The fourth-order valence-electron chi connectivity index (χ4n) is 5.50. The van der Waals surface area contributed by atoms with Crippen LogP contribution in [0.15, 0.2) is 46.2 Å². The fraction of sp³-hybridized carbons (Fsp3) is 0.389. The molecule has 16 heteroatoms. The van der Waals surface area contributed by atoms with Crippen LogP contribution in [0.1, 0.15) is 51.7 Å². The number of thiocarbonyl (C=S) groups is 2. The van der Waals surface area contributed by atoms with Crippen LogP contribution in [0.2, 0.25) is 0 Å². The summed E-state index contributed by atoms with van der Waals surface area (Å²) < 4.78 is 13.0. The molecule has 0 spiro atoms.